The van der Waals surface area contributed by atoms with E-state index in [-0.39, 0.29) is 17.9 Å². The monoisotopic (exact) mass is 313 g/mol. The number of hydrogen-bond acceptors (Lipinski definition) is 5. The fourth-order valence-electron chi connectivity index (χ4n) is 3.10. The van der Waals surface area contributed by atoms with Crippen LogP contribution < -0.4 is 4.74 Å². The van der Waals surface area contributed by atoms with E-state index in [2.05, 4.69) is 10.1 Å². The Hall–Kier alpha value is -2.37. The lowest BCUT2D eigenvalue weighted by molar-refractivity contribution is -0.133. The molecule has 1 aliphatic carbocycles. The van der Waals surface area contributed by atoms with Gasteiger partial charge >= 0.3 is 0 Å². The molecule has 0 N–H and O–H groups in total. The van der Waals surface area contributed by atoms with Gasteiger partial charge in [-0.25, -0.2) is 0 Å². The molecule has 1 aromatic heterocycles. The van der Waals surface area contributed by atoms with Gasteiger partial charge in [-0.05, 0) is 37.8 Å². The Bertz CT molecular complexity index is 723. The van der Waals surface area contributed by atoms with Crippen LogP contribution in [0.1, 0.15) is 37.6 Å². The van der Waals surface area contributed by atoms with E-state index in [4.69, 9.17) is 9.26 Å². The number of benzene rings is 1. The Morgan fingerprint density at radius 2 is 2.22 bits per heavy atom. The van der Waals surface area contributed by atoms with Crippen molar-refractivity contribution < 1.29 is 14.1 Å². The molecule has 2 heterocycles. The number of carbonyl (C=O) groups is 1. The van der Waals surface area contributed by atoms with Crippen molar-refractivity contribution in [2.45, 2.75) is 31.7 Å². The Morgan fingerprint density at radius 3 is 3.00 bits per heavy atom. The molecule has 2 fully saturated rings. The topological polar surface area (TPSA) is 68.5 Å². The van der Waals surface area contributed by atoms with Gasteiger partial charge in [-0.15, -0.1) is 0 Å². The van der Waals surface area contributed by atoms with Crippen LogP contribution in [0.25, 0.3) is 11.4 Å². The number of likely N-dealkylation sites (tertiary alicyclic amines) is 1. The largest absolute Gasteiger partial charge is 0.497 e. The predicted octanol–water partition coefficient (Wildman–Crippen LogP) is 2.82. The molecular weight excluding hydrogens is 294 g/mol. The van der Waals surface area contributed by atoms with Crippen molar-refractivity contribution >= 4 is 5.91 Å². The summed E-state index contributed by atoms with van der Waals surface area (Å²) in [4.78, 5) is 18.8. The van der Waals surface area contributed by atoms with Crippen molar-refractivity contribution in [3.05, 3.63) is 30.2 Å². The van der Waals surface area contributed by atoms with Gasteiger partial charge in [-0.2, -0.15) is 4.98 Å². The molecule has 0 spiro atoms. The summed E-state index contributed by atoms with van der Waals surface area (Å²) in [6.07, 6.45) is 3.90. The molecule has 120 valence electrons. The van der Waals surface area contributed by atoms with Crippen molar-refractivity contribution in [3.8, 4) is 17.1 Å². The molecule has 0 unspecified atom stereocenters. The average Bonchev–Trinajstić information content (AvgIpc) is 3.12. The lowest BCUT2D eigenvalue weighted by Crippen LogP contribution is -2.31. The van der Waals surface area contributed by atoms with Gasteiger partial charge in [-0.1, -0.05) is 17.3 Å². The molecule has 6 nitrogen and oxygen atoms in total. The highest BCUT2D eigenvalue weighted by Gasteiger charge is 2.40. The van der Waals surface area contributed by atoms with Gasteiger partial charge in [0.1, 0.15) is 11.8 Å². The molecule has 23 heavy (non-hydrogen) atoms. The molecule has 0 radical (unpaired) electrons. The number of carbonyl (C=O) groups excluding carboxylic acids is 1. The number of ether oxygens (including phenoxy) is 1. The van der Waals surface area contributed by atoms with Crippen LogP contribution in [0.2, 0.25) is 0 Å². The van der Waals surface area contributed by atoms with Crippen molar-refractivity contribution in [1.82, 2.24) is 15.0 Å². The van der Waals surface area contributed by atoms with E-state index in [1.54, 1.807) is 7.11 Å². The quantitative estimate of drug-likeness (QED) is 0.868. The minimum Gasteiger partial charge on any atom is -0.497 e. The Morgan fingerprint density at radius 1 is 1.35 bits per heavy atom. The number of rotatable bonds is 4. The van der Waals surface area contributed by atoms with Crippen LogP contribution in [0.5, 0.6) is 5.75 Å². The second-order valence-corrected chi connectivity index (χ2v) is 6.15. The maximum Gasteiger partial charge on any atom is 0.249 e. The summed E-state index contributed by atoms with van der Waals surface area (Å²) in [5.74, 6) is 2.28. The normalized spacial score (nSPS) is 20.7. The minimum atomic E-state index is -0.0741. The highest BCUT2D eigenvalue weighted by atomic mass is 16.5. The van der Waals surface area contributed by atoms with E-state index < -0.39 is 0 Å². The standard InChI is InChI=1S/C17H19N3O3/c1-22-13-5-2-4-12(10-13)15-18-16(23-19-15)14-6-3-9-20(14)17(21)11-7-8-11/h2,4-5,10-11,14H,3,6-9H2,1H3/t14-/m0/s1. The second kappa shape index (κ2) is 5.68. The van der Waals surface area contributed by atoms with Crippen LogP contribution in [0, 0.1) is 5.92 Å². The van der Waals surface area contributed by atoms with Crippen molar-refractivity contribution in [3.63, 3.8) is 0 Å². The molecule has 1 saturated carbocycles. The van der Waals surface area contributed by atoms with E-state index in [0.29, 0.717) is 11.7 Å². The third-order valence-corrected chi connectivity index (χ3v) is 4.52. The van der Waals surface area contributed by atoms with Crippen LogP contribution in [0.4, 0.5) is 0 Å². The number of amides is 1. The summed E-state index contributed by atoms with van der Waals surface area (Å²) in [5, 5.41) is 4.08. The van der Waals surface area contributed by atoms with Crippen LogP contribution in [-0.4, -0.2) is 34.6 Å². The summed E-state index contributed by atoms with van der Waals surface area (Å²) >= 11 is 0. The van der Waals surface area contributed by atoms with E-state index in [1.807, 2.05) is 29.2 Å². The van der Waals surface area contributed by atoms with Gasteiger partial charge in [0.2, 0.25) is 17.6 Å². The lowest BCUT2D eigenvalue weighted by atomic mass is 10.2. The van der Waals surface area contributed by atoms with Crippen molar-refractivity contribution in [2.24, 2.45) is 5.92 Å². The fraction of sp³-hybridized carbons (Fsp3) is 0.471. The molecule has 1 atom stereocenters. The zero-order valence-corrected chi connectivity index (χ0v) is 13.1. The van der Waals surface area contributed by atoms with E-state index >= 15 is 0 Å². The molecule has 0 bridgehead atoms. The molecule has 1 amide bonds. The Labute approximate surface area is 134 Å². The number of methoxy groups -OCH3 is 1. The van der Waals surface area contributed by atoms with Gasteiger partial charge < -0.3 is 14.2 Å². The molecule has 4 rings (SSSR count). The maximum absolute atomic E-state index is 12.4. The van der Waals surface area contributed by atoms with E-state index in [0.717, 1.165) is 43.5 Å². The third kappa shape index (κ3) is 2.69. The number of aromatic nitrogens is 2. The first kappa shape index (κ1) is 14.2. The summed E-state index contributed by atoms with van der Waals surface area (Å²) < 4.78 is 10.7. The van der Waals surface area contributed by atoms with Crippen LogP contribution in [-0.2, 0) is 4.79 Å². The van der Waals surface area contributed by atoms with Crippen LogP contribution >= 0.6 is 0 Å². The van der Waals surface area contributed by atoms with Gasteiger partial charge in [0.15, 0.2) is 0 Å². The fourth-order valence-corrected chi connectivity index (χ4v) is 3.10. The number of nitrogens with zero attached hydrogens (tertiary/aromatic N) is 3. The van der Waals surface area contributed by atoms with E-state index in [9.17, 15) is 4.79 Å². The van der Waals surface area contributed by atoms with Crippen molar-refractivity contribution in [2.75, 3.05) is 13.7 Å². The summed E-state index contributed by atoms with van der Waals surface area (Å²) in [7, 11) is 1.63. The molecular formula is C17H19N3O3. The van der Waals surface area contributed by atoms with Gasteiger partial charge in [-0.3, -0.25) is 4.79 Å². The average molecular weight is 313 g/mol. The summed E-state index contributed by atoms with van der Waals surface area (Å²) in [6.45, 7) is 0.789. The second-order valence-electron chi connectivity index (χ2n) is 6.15. The third-order valence-electron chi connectivity index (χ3n) is 4.52. The SMILES string of the molecule is COc1cccc(-c2noc([C@@H]3CCCN3C(=O)C3CC3)n2)c1. The van der Waals surface area contributed by atoms with Gasteiger partial charge in [0, 0.05) is 18.0 Å². The molecule has 1 aromatic carbocycles. The zero-order chi connectivity index (χ0) is 15.8. The van der Waals surface area contributed by atoms with Crippen molar-refractivity contribution in [1.29, 1.82) is 0 Å². The first-order valence-corrected chi connectivity index (χ1v) is 8.05. The van der Waals surface area contributed by atoms with E-state index in [1.165, 1.54) is 0 Å². The van der Waals surface area contributed by atoms with Crippen LogP contribution in [0.3, 0.4) is 0 Å². The molecule has 1 aliphatic heterocycles. The first-order valence-electron chi connectivity index (χ1n) is 8.05. The predicted molar refractivity (Wildman–Crippen MR) is 82.7 cm³/mol. The summed E-state index contributed by atoms with van der Waals surface area (Å²) in [5.41, 5.74) is 0.845. The molecule has 6 heteroatoms. The van der Waals surface area contributed by atoms with Gasteiger partial charge in [0.25, 0.3) is 0 Å². The number of hydrogen-bond donors (Lipinski definition) is 0. The Balaban J connectivity index is 1.58. The molecule has 1 saturated heterocycles. The van der Waals surface area contributed by atoms with Crippen LogP contribution in [0.15, 0.2) is 28.8 Å². The molecule has 2 aromatic rings. The highest BCUT2D eigenvalue weighted by molar-refractivity contribution is 5.81. The minimum absolute atomic E-state index is 0.0741. The Kier molecular flexibility index (Phi) is 3.52. The lowest BCUT2D eigenvalue weighted by Gasteiger charge is -2.21. The molecule has 2 aliphatic rings. The maximum atomic E-state index is 12.4. The first-order chi connectivity index (χ1) is 11.3. The highest BCUT2D eigenvalue weighted by Crippen LogP contribution is 2.38. The smallest absolute Gasteiger partial charge is 0.249 e. The summed E-state index contributed by atoms with van der Waals surface area (Å²) in [6, 6.07) is 7.48. The zero-order valence-electron chi connectivity index (χ0n) is 13.1. The van der Waals surface area contributed by atoms with Gasteiger partial charge in [0.05, 0.1) is 7.11 Å².